The molecule has 0 amide bonds. The zero-order valence-electron chi connectivity index (χ0n) is 19.5. The third-order valence-electron chi connectivity index (χ3n) is 6.93. The van der Waals surface area contributed by atoms with Crippen molar-refractivity contribution in [3.63, 3.8) is 0 Å². The molecular formula is C30H31NO3. The van der Waals surface area contributed by atoms with Crippen molar-refractivity contribution in [3.8, 4) is 5.75 Å². The van der Waals surface area contributed by atoms with Crippen LogP contribution in [0.2, 0.25) is 0 Å². The zero-order valence-corrected chi connectivity index (χ0v) is 19.5. The van der Waals surface area contributed by atoms with Gasteiger partial charge in [0.05, 0.1) is 6.61 Å². The number of hydrogen-bond donors (Lipinski definition) is 1. The molecule has 4 heteroatoms. The highest BCUT2D eigenvalue weighted by Gasteiger charge is 2.21. The number of aromatic carboxylic acids is 1. The number of ether oxygens (including phenoxy) is 1. The van der Waals surface area contributed by atoms with Crippen LogP contribution in [0, 0.1) is 5.92 Å². The van der Waals surface area contributed by atoms with Gasteiger partial charge in [-0.25, -0.2) is 4.79 Å². The van der Waals surface area contributed by atoms with Gasteiger partial charge >= 0.3 is 5.97 Å². The second kappa shape index (κ2) is 10.2. The number of carboxylic acid groups (broad SMARTS) is 1. The summed E-state index contributed by atoms with van der Waals surface area (Å²) in [7, 11) is 0. The molecule has 1 aliphatic rings. The second-order valence-electron chi connectivity index (χ2n) is 9.17. The molecule has 1 aromatic heterocycles. The van der Waals surface area contributed by atoms with Crippen molar-refractivity contribution in [1.29, 1.82) is 0 Å². The maximum Gasteiger partial charge on any atom is 0.353 e. The van der Waals surface area contributed by atoms with Gasteiger partial charge in [0, 0.05) is 28.4 Å². The molecule has 5 rings (SSSR count). The van der Waals surface area contributed by atoms with Gasteiger partial charge in [0.1, 0.15) is 11.4 Å². The van der Waals surface area contributed by atoms with Crippen LogP contribution in [0.3, 0.4) is 0 Å². The maximum absolute atomic E-state index is 12.4. The molecule has 0 aliphatic heterocycles. The van der Waals surface area contributed by atoms with E-state index in [1.54, 1.807) is 0 Å². The number of hydrogen-bond acceptors (Lipinski definition) is 2. The zero-order chi connectivity index (χ0) is 23.3. The van der Waals surface area contributed by atoms with Crippen molar-refractivity contribution >= 4 is 33.7 Å². The number of carboxylic acids is 1. The van der Waals surface area contributed by atoms with Crippen LogP contribution in [0.1, 0.15) is 54.6 Å². The van der Waals surface area contributed by atoms with Gasteiger partial charge in [-0.15, -0.1) is 0 Å². The summed E-state index contributed by atoms with van der Waals surface area (Å²) in [6.45, 7) is 1.11. The molecule has 4 nitrogen and oxygen atoms in total. The number of rotatable bonds is 8. The average molecular weight is 454 g/mol. The third-order valence-corrected chi connectivity index (χ3v) is 6.93. The molecule has 0 unspecified atom stereocenters. The van der Waals surface area contributed by atoms with Crippen LogP contribution in [0.5, 0.6) is 5.75 Å². The summed E-state index contributed by atoms with van der Waals surface area (Å²) >= 11 is 0. The van der Waals surface area contributed by atoms with Gasteiger partial charge in [-0.05, 0) is 42.7 Å². The number of nitrogens with zero attached hydrogens (tertiary/aromatic N) is 1. The lowest BCUT2D eigenvalue weighted by atomic mass is 9.88. The largest absolute Gasteiger partial charge is 0.493 e. The Hall–Kier alpha value is -3.53. The molecule has 34 heavy (non-hydrogen) atoms. The SMILES string of the molecule is O=C(O)c1c(C=CC2CCCCC2)c2ccccc2n1CCCOc1cccc2ccccc12. The number of benzene rings is 3. The highest BCUT2D eigenvalue weighted by molar-refractivity contribution is 6.02. The standard InChI is InChI=1S/C30H31NO3/c32-30(33)29-26(19-18-22-10-2-1-3-11-22)25-15-6-7-16-27(25)31(29)20-9-21-34-28-17-8-13-23-12-4-5-14-24(23)28/h4-8,12-19,22H,1-3,9-11,20-21H2,(H,32,33). The first-order valence-corrected chi connectivity index (χ1v) is 12.4. The van der Waals surface area contributed by atoms with E-state index in [0.717, 1.165) is 33.0 Å². The normalized spacial score (nSPS) is 14.8. The predicted molar refractivity (Wildman–Crippen MR) is 139 cm³/mol. The van der Waals surface area contributed by atoms with E-state index < -0.39 is 5.97 Å². The number of para-hydroxylation sites is 1. The van der Waals surface area contributed by atoms with Crippen molar-refractivity contribution in [2.24, 2.45) is 5.92 Å². The molecule has 4 aromatic rings. The van der Waals surface area contributed by atoms with E-state index in [2.05, 4.69) is 30.4 Å². The Morgan fingerprint density at radius 2 is 1.68 bits per heavy atom. The Morgan fingerprint density at radius 3 is 2.50 bits per heavy atom. The molecule has 1 aliphatic carbocycles. The first kappa shape index (κ1) is 22.3. The summed E-state index contributed by atoms with van der Waals surface area (Å²) in [6, 6.07) is 22.3. The molecule has 0 bridgehead atoms. The number of fused-ring (bicyclic) bond motifs is 2. The minimum absolute atomic E-state index is 0.374. The first-order chi connectivity index (χ1) is 16.7. The monoisotopic (exact) mass is 453 g/mol. The van der Waals surface area contributed by atoms with Crippen LogP contribution in [0.15, 0.2) is 72.8 Å². The highest BCUT2D eigenvalue weighted by Crippen LogP contribution is 2.31. The van der Waals surface area contributed by atoms with Gasteiger partial charge in [0.25, 0.3) is 0 Å². The van der Waals surface area contributed by atoms with Crippen molar-refractivity contribution in [2.45, 2.75) is 45.1 Å². The van der Waals surface area contributed by atoms with Gasteiger partial charge in [-0.1, -0.05) is 86.0 Å². The quantitative estimate of drug-likeness (QED) is 0.280. The lowest BCUT2D eigenvalue weighted by Crippen LogP contribution is -2.12. The van der Waals surface area contributed by atoms with E-state index in [1.807, 2.05) is 53.1 Å². The fraction of sp³-hybridized carbons (Fsp3) is 0.300. The topological polar surface area (TPSA) is 51.5 Å². The number of aryl methyl sites for hydroxylation is 1. The fourth-order valence-electron chi connectivity index (χ4n) is 5.25. The Kier molecular flexibility index (Phi) is 6.66. The molecular weight excluding hydrogens is 422 g/mol. The fourth-order valence-corrected chi connectivity index (χ4v) is 5.25. The summed E-state index contributed by atoms with van der Waals surface area (Å²) in [5.74, 6) is 0.533. The average Bonchev–Trinajstić information content (AvgIpc) is 3.19. The van der Waals surface area contributed by atoms with Gasteiger partial charge in [0.15, 0.2) is 0 Å². The third kappa shape index (κ3) is 4.58. The summed E-state index contributed by atoms with van der Waals surface area (Å²) in [6.07, 6.45) is 11.2. The maximum atomic E-state index is 12.4. The van der Waals surface area contributed by atoms with Crippen LogP contribution in [-0.2, 0) is 6.54 Å². The molecule has 0 spiro atoms. The molecule has 1 saturated carbocycles. The van der Waals surface area contributed by atoms with Crippen molar-refractivity contribution in [1.82, 2.24) is 4.57 Å². The van der Waals surface area contributed by atoms with Crippen molar-refractivity contribution in [2.75, 3.05) is 6.61 Å². The number of allylic oxidation sites excluding steroid dienone is 1. The van der Waals surface area contributed by atoms with E-state index in [0.29, 0.717) is 31.2 Å². The Bertz CT molecular complexity index is 1320. The smallest absolute Gasteiger partial charge is 0.353 e. The van der Waals surface area contributed by atoms with Crippen molar-refractivity contribution in [3.05, 3.63) is 84.1 Å². The molecule has 1 N–H and O–H groups in total. The first-order valence-electron chi connectivity index (χ1n) is 12.4. The summed E-state index contributed by atoms with van der Waals surface area (Å²) < 4.78 is 8.06. The highest BCUT2D eigenvalue weighted by atomic mass is 16.5. The number of carbonyl (C=O) groups is 1. The number of aromatic nitrogens is 1. The Balaban J connectivity index is 1.37. The van der Waals surface area contributed by atoms with E-state index in [1.165, 1.54) is 32.1 Å². The van der Waals surface area contributed by atoms with Crippen LogP contribution in [0.4, 0.5) is 0 Å². The van der Waals surface area contributed by atoms with Crippen LogP contribution >= 0.6 is 0 Å². The van der Waals surface area contributed by atoms with Gasteiger partial charge in [0.2, 0.25) is 0 Å². The molecule has 0 saturated heterocycles. The summed E-state index contributed by atoms with van der Waals surface area (Å²) in [5.41, 5.74) is 2.16. The molecule has 174 valence electrons. The molecule has 3 aromatic carbocycles. The lowest BCUT2D eigenvalue weighted by Gasteiger charge is -2.17. The predicted octanol–water partition coefficient (Wildman–Crippen LogP) is 7.56. The van der Waals surface area contributed by atoms with Crippen molar-refractivity contribution < 1.29 is 14.6 Å². The second-order valence-corrected chi connectivity index (χ2v) is 9.17. The van der Waals surface area contributed by atoms with Gasteiger partial charge < -0.3 is 14.4 Å². The lowest BCUT2D eigenvalue weighted by molar-refractivity contribution is 0.0685. The van der Waals surface area contributed by atoms with Gasteiger partial charge in [-0.2, -0.15) is 0 Å². The van der Waals surface area contributed by atoms with Crippen LogP contribution in [-0.4, -0.2) is 22.2 Å². The summed E-state index contributed by atoms with van der Waals surface area (Å²) in [4.78, 5) is 12.4. The molecule has 1 fully saturated rings. The molecule has 0 atom stereocenters. The van der Waals surface area contributed by atoms with Gasteiger partial charge in [-0.3, -0.25) is 0 Å². The molecule has 0 radical (unpaired) electrons. The van der Waals surface area contributed by atoms with E-state index in [4.69, 9.17) is 4.74 Å². The Labute approximate surface area is 200 Å². The Morgan fingerprint density at radius 1 is 0.941 bits per heavy atom. The minimum atomic E-state index is -0.880. The van der Waals surface area contributed by atoms with E-state index >= 15 is 0 Å². The van der Waals surface area contributed by atoms with Crippen LogP contribution < -0.4 is 4.74 Å². The van der Waals surface area contributed by atoms with Crippen LogP contribution in [0.25, 0.3) is 27.8 Å². The minimum Gasteiger partial charge on any atom is -0.493 e. The van der Waals surface area contributed by atoms with E-state index in [9.17, 15) is 9.90 Å². The molecule has 1 heterocycles. The van der Waals surface area contributed by atoms with E-state index in [-0.39, 0.29) is 0 Å². The summed E-state index contributed by atoms with van der Waals surface area (Å²) in [5, 5.41) is 13.4.